The molecule has 0 saturated carbocycles. The van der Waals surface area contributed by atoms with Crippen molar-refractivity contribution in [1.29, 1.82) is 0 Å². The molecule has 0 amide bonds. The molecule has 0 aliphatic heterocycles. The molecule has 5 nitrogen and oxygen atoms in total. The van der Waals surface area contributed by atoms with E-state index in [-0.39, 0.29) is 12.7 Å². The molecule has 0 aliphatic carbocycles. The summed E-state index contributed by atoms with van der Waals surface area (Å²) in [6.45, 7) is 3.74. The molecule has 20 heavy (non-hydrogen) atoms. The Kier molecular flexibility index (Phi) is 7.54. The Morgan fingerprint density at radius 2 is 2.10 bits per heavy atom. The summed E-state index contributed by atoms with van der Waals surface area (Å²) in [7, 11) is 1.92. The summed E-state index contributed by atoms with van der Waals surface area (Å²) in [5.74, 6) is 0.721. The molecule has 5 heteroatoms. The maximum absolute atomic E-state index is 9.92. The van der Waals surface area contributed by atoms with E-state index in [0.717, 1.165) is 17.9 Å². The third kappa shape index (κ3) is 6.86. The predicted molar refractivity (Wildman–Crippen MR) is 79.6 cm³/mol. The van der Waals surface area contributed by atoms with Gasteiger partial charge in [0.2, 0.25) is 0 Å². The van der Waals surface area contributed by atoms with E-state index >= 15 is 0 Å². The van der Waals surface area contributed by atoms with Crippen molar-refractivity contribution in [3.05, 3.63) is 29.8 Å². The second-order valence-electron chi connectivity index (χ2n) is 5.22. The van der Waals surface area contributed by atoms with Crippen LogP contribution in [-0.4, -0.2) is 54.1 Å². The molecule has 1 aromatic carbocycles. The second-order valence-corrected chi connectivity index (χ2v) is 5.22. The largest absolute Gasteiger partial charge is 0.491 e. The first-order valence-electron chi connectivity index (χ1n) is 6.97. The molecular formula is C15H26N2O3. The maximum atomic E-state index is 9.92. The fourth-order valence-corrected chi connectivity index (χ4v) is 1.87. The number of benzene rings is 1. The highest BCUT2D eigenvalue weighted by atomic mass is 16.5. The van der Waals surface area contributed by atoms with Crippen LogP contribution < -0.4 is 10.5 Å². The van der Waals surface area contributed by atoms with Gasteiger partial charge in [-0.25, -0.2) is 0 Å². The van der Waals surface area contributed by atoms with Gasteiger partial charge in [0, 0.05) is 19.6 Å². The lowest BCUT2D eigenvalue weighted by molar-refractivity contribution is 0.0708. The average molecular weight is 282 g/mol. The van der Waals surface area contributed by atoms with Crippen LogP contribution in [0.25, 0.3) is 0 Å². The topological polar surface area (TPSA) is 79.0 Å². The van der Waals surface area contributed by atoms with Crippen molar-refractivity contribution < 1.29 is 14.9 Å². The van der Waals surface area contributed by atoms with E-state index in [9.17, 15) is 10.2 Å². The molecule has 114 valence electrons. The lowest BCUT2D eigenvalue weighted by Crippen LogP contribution is -2.34. The molecular weight excluding hydrogens is 256 g/mol. The van der Waals surface area contributed by atoms with Gasteiger partial charge in [-0.05, 0) is 38.1 Å². The minimum atomic E-state index is -0.560. The lowest BCUT2D eigenvalue weighted by atomic mass is 10.2. The Morgan fingerprint density at radius 3 is 2.75 bits per heavy atom. The molecule has 2 unspecified atom stereocenters. The number of rotatable bonds is 9. The standard InChI is InChI=1S/C15H26N2O3/c1-12(18)6-7-17(2)10-14(19)11-20-15-5-3-4-13(8-15)9-16/h3-5,8,12,14,18-19H,6-7,9-11,16H2,1-2H3. The SMILES string of the molecule is CC(O)CCN(C)CC(O)COc1cccc(CN)c1. The van der Waals surface area contributed by atoms with Gasteiger partial charge >= 0.3 is 0 Å². The van der Waals surface area contributed by atoms with Crippen LogP contribution in [-0.2, 0) is 6.54 Å². The highest BCUT2D eigenvalue weighted by Crippen LogP contribution is 2.13. The van der Waals surface area contributed by atoms with Crippen LogP contribution in [0.5, 0.6) is 5.75 Å². The number of hydrogen-bond donors (Lipinski definition) is 3. The zero-order chi connectivity index (χ0) is 15.0. The number of nitrogens with zero attached hydrogens (tertiary/aromatic N) is 1. The van der Waals surface area contributed by atoms with E-state index in [2.05, 4.69) is 0 Å². The molecule has 0 heterocycles. The van der Waals surface area contributed by atoms with Crippen molar-refractivity contribution in [2.75, 3.05) is 26.7 Å². The summed E-state index contributed by atoms with van der Waals surface area (Å²) in [6, 6.07) is 7.55. The van der Waals surface area contributed by atoms with Gasteiger partial charge in [-0.1, -0.05) is 12.1 Å². The number of aliphatic hydroxyl groups excluding tert-OH is 2. The molecule has 1 rings (SSSR count). The number of hydrogen-bond acceptors (Lipinski definition) is 5. The third-order valence-electron chi connectivity index (χ3n) is 3.03. The first-order valence-corrected chi connectivity index (χ1v) is 6.97. The maximum Gasteiger partial charge on any atom is 0.119 e. The first kappa shape index (κ1) is 16.9. The fourth-order valence-electron chi connectivity index (χ4n) is 1.87. The summed E-state index contributed by atoms with van der Waals surface area (Å²) < 4.78 is 5.56. The fraction of sp³-hybridized carbons (Fsp3) is 0.600. The monoisotopic (exact) mass is 282 g/mol. The molecule has 0 aliphatic rings. The van der Waals surface area contributed by atoms with Gasteiger partial charge in [-0.2, -0.15) is 0 Å². The summed E-state index contributed by atoms with van der Waals surface area (Å²) in [5.41, 5.74) is 6.57. The zero-order valence-corrected chi connectivity index (χ0v) is 12.3. The molecule has 0 bridgehead atoms. The van der Waals surface area contributed by atoms with Crippen molar-refractivity contribution in [3.63, 3.8) is 0 Å². The van der Waals surface area contributed by atoms with Crippen LogP contribution in [0.15, 0.2) is 24.3 Å². The van der Waals surface area contributed by atoms with Gasteiger partial charge < -0.3 is 25.6 Å². The van der Waals surface area contributed by atoms with Gasteiger partial charge in [-0.3, -0.25) is 0 Å². The van der Waals surface area contributed by atoms with Crippen molar-refractivity contribution >= 4 is 0 Å². The van der Waals surface area contributed by atoms with Gasteiger partial charge in [0.15, 0.2) is 0 Å². The van der Waals surface area contributed by atoms with Gasteiger partial charge in [0.25, 0.3) is 0 Å². The molecule has 0 saturated heterocycles. The van der Waals surface area contributed by atoms with Crippen molar-refractivity contribution in [2.24, 2.45) is 5.73 Å². The van der Waals surface area contributed by atoms with Crippen LogP contribution in [0.2, 0.25) is 0 Å². The molecule has 0 radical (unpaired) electrons. The van der Waals surface area contributed by atoms with Crippen LogP contribution in [0.4, 0.5) is 0 Å². The highest BCUT2D eigenvalue weighted by Gasteiger charge is 2.10. The number of ether oxygens (including phenoxy) is 1. The molecule has 2 atom stereocenters. The van der Waals surface area contributed by atoms with E-state index < -0.39 is 6.10 Å². The van der Waals surface area contributed by atoms with Crippen LogP contribution in [0, 0.1) is 0 Å². The zero-order valence-electron chi connectivity index (χ0n) is 12.3. The molecule has 4 N–H and O–H groups in total. The molecule has 0 spiro atoms. The van der Waals surface area contributed by atoms with Crippen LogP contribution in [0.3, 0.4) is 0 Å². The minimum Gasteiger partial charge on any atom is -0.491 e. The van der Waals surface area contributed by atoms with E-state index in [1.54, 1.807) is 6.92 Å². The second kappa shape index (κ2) is 8.92. The third-order valence-corrected chi connectivity index (χ3v) is 3.03. The summed E-state index contributed by atoms with van der Waals surface area (Å²) in [5, 5.41) is 19.1. The lowest BCUT2D eigenvalue weighted by Gasteiger charge is -2.21. The van der Waals surface area contributed by atoms with Crippen LogP contribution in [0.1, 0.15) is 18.9 Å². The van der Waals surface area contributed by atoms with Crippen molar-refractivity contribution in [2.45, 2.75) is 32.1 Å². The van der Waals surface area contributed by atoms with Crippen molar-refractivity contribution in [3.8, 4) is 5.75 Å². The van der Waals surface area contributed by atoms with Gasteiger partial charge in [0.05, 0.1) is 6.10 Å². The average Bonchev–Trinajstić information content (AvgIpc) is 2.43. The normalized spacial score (nSPS) is 14.3. The smallest absolute Gasteiger partial charge is 0.119 e. The Bertz CT molecular complexity index is 385. The summed E-state index contributed by atoms with van der Waals surface area (Å²) >= 11 is 0. The quantitative estimate of drug-likeness (QED) is 0.618. The summed E-state index contributed by atoms with van der Waals surface area (Å²) in [6.07, 6.45) is -0.178. The Hall–Kier alpha value is -1.14. The highest BCUT2D eigenvalue weighted by molar-refractivity contribution is 5.28. The number of likely N-dealkylation sites (N-methyl/N-ethyl adjacent to an activating group) is 1. The van der Waals surface area contributed by atoms with Gasteiger partial charge in [0.1, 0.15) is 18.5 Å². The van der Waals surface area contributed by atoms with Crippen LogP contribution >= 0.6 is 0 Å². The van der Waals surface area contributed by atoms with Gasteiger partial charge in [-0.15, -0.1) is 0 Å². The minimum absolute atomic E-state index is 0.243. The van der Waals surface area contributed by atoms with E-state index in [1.807, 2.05) is 36.2 Å². The molecule has 0 fully saturated rings. The Labute approximate surface area is 121 Å². The predicted octanol–water partition coefficient (Wildman–Crippen LogP) is 0.588. The van der Waals surface area contributed by atoms with E-state index in [1.165, 1.54) is 0 Å². The molecule has 1 aromatic rings. The Balaban J connectivity index is 2.29. The molecule has 0 aromatic heterocycles. The number of nitrogens with two attached hydrogens (primary N) is 1. The Morgan fingerprint density at radius 1 is 1.35 bits per heavy atom. The summed E-state index contributed by atoms with van der Waals surface area (Å²) in [4.78, 5) is 1.98. The van der Waals surface area contributed by atoms with E-state index in [0.29, 0.717) is 19.5 Å². The van der Waals surface area contributed by atoms with E-state index in [4.69, 9.17) is 10.5 Å². The number of aliphatic hydroxyl groups is 2. The van der Waals surface area contributed by atoms with Crippen molar-refractivity contribution in [1.82, 2.24) is 4.90 Å². The first-order chi connectivity index (χ1) is 9.51.